The van der Waals surface area contributed by atoms with Crippen LogP contribution in [-0.4, -0.2) is 33.1 Å². The maximum atomic E-state index is 12.3. The van der Waals surface area contributed by atoms with Crippen molar-refractivity contribution >= 4 is 16.9 Å². The van der Waals surface area contributed by atoms with Crippen LogP contribution in [0, 0.1) is 0 Å². The zero-order chi connectivity index (χ0) is 14.0. The quantitative estimate of drug-likeness (QED) is 0.890. The van der Waals surface area contributed by atoms with Gasteiger partial charge >= 0.3 is 0 Å². The first-order chi connectivity index (χ1) is 9.72. The summed E-state index contributed by atoms with van der Waals surface area (Å²) in [4.78, 5) is 20.7. The van der Waals surface area contributed by atoms with E-state index in [0.717, 1.165) is 31.2 Å². The Bertz CT molecular complexity index is 636. The number of benzene rings is 1. The molecule has 0 saturated heterocycles. The van der Waals surface area contributed by atoms with Crippen LogP contribution in [0.15, 0.2) is 30.6 Å². The van der Waals surface area contributed by atoms with Crippen molar-refractivity contribution in [1.29, 1.82) is 0 Å². The predicted octanol–water partition coefficient (Wildman–Crippen LogP) is 1.66. The van der Waals surface area contributed by atoms with Crippen molar-refractivity contribution < 1.29 is 9.90 Å². The minimum Gasteiger partial charge on any atom is -0.394 e. The Morgan fingerprint density at radius 2 is 1.90 bits per heavy atom. The molecule has 1 amide bonds. The van der Waals surface area contributed by atoms with E-state index in [4.69, 9.17) is 0 Å². The van der Waals surface area contributed by atoms with Crippen molar-refractivity contribution in [3.8, 4) is 0 Å². The van der Waals surface area contributed by atoms with Gasteiger partial charge in [0.25, 0.3) is 5.91 Å². The highest BCUT2D eigenvalue weighted by Gasteiger charge is 2.34. The number of nitrogens with zero attached hydrogens (tertiary/aromatic N) is 2. The maximum Gasteiger partial charge on any atom is 0.251 e. The van der Waals surface area contributed by atoms with E-state index in [1.165, 1.54) is 0 Å². The summed E-state index contributed by atoms with van der Waals surface area (Å²) in [5.41, 5.74) is 1.57. The third kappa shape index (κ3) is 2.36. The number of nitrogens with one attached hydrogen (secondary N) is 1. The van der Waals surface area contributed by atoms with Crippen LogP contribution in [0.4, 0.5) is 0 Å². The molecule has 0 atom stereocenters. The van der Waals surface area contributed by atoms with E-state index < -0.39 is 5.54 Å². The minimum atomic E-state index is -0.450. The lowest BCUT2D eigenvalue weighted by atomic mass is 9.98. The smallest absolute Gasteiger partial charge is 0.251 e. The number of aliphatic hydroxyl groups is 1. The molecule has 0 spiro atoms. The van der Waals surface area contributed by atoms with Crippen LogP contribution in [-0.2, 0) is 0 Å². The summed E-state index contributed by atoms with van der Waals surface area (Å²) in [6.45, 7) is -0.00781. The number of amides is 1. The summed E-state index contributed by atoms with van der Waals surface area (Å²) < 4.78 is 0. The van der Waals surface area contributed by atoms with Crippen molar-refractivity contribution in [2.45, 2.75) is 31.2 Å². The van der Waals surface area contributed by atoms with E-state index in [-0.39, 0.29) is 12.5 Å². The zero-order valence-corrected chi connectivity index (χ0v) is 11.2. The van der Waals surface area contributed by atoms with Crippen LogP contribution in [0.2, 0.25) is 0 Å². The summed E-state index contributed by atoms with van der Waals surface area (Å²) in [6.07, 6.45) is 7.00. The topological polar surface area (TPSA) is 75.1 Å². The summed E-state index contributed by atoms with van der Waals surface area (Å²) in [7, 11) is 0. The lowest BCUT2D eigenvalue weighted by molar-refractivity contribution is 0.0838. The van der Waals surface area contributed by atoms with E-state index in [2.05, 4.69) is 15.3 Å². The van der Waals surface area contributed by atoms with Gasteiger partial charge in [-0.05, 0) is 31.0 Å². The fourth-order valence-corrected chi connectivity index (χ4v) is 2.79. The van der Waals surface area contributed by atoms with E-state index in [0.29, 0.717) is 11.1 Å². The first-order valence-corrected chi connectivity index (χ1v) is 6.87. The van der Waals surface area contributed by atoms with Crippen molar-refractivity contribution in [1.82, 2.24) is 15.3 Å². The number of carbonyl (C=O) groups excluding carboxylic acids is 1. The fraction of sp³-hybridized carbons (Fsp3) is 0.400. The Balaban J connectivity index is 1.85. The van der Waals surface area contributed by atoms with Crippen LogP contribution < -0.4 is 5.32 Å². The second kappa shape index (κ2) is 5.17. The number of aromatic nitrogens is 2. The first kappa shape index (κ1) is 13.0. The molecule has 1 aromatic heterocycles. The summed E-state index contributed by atoms with van der Waals surface area (Å²) >= 11 is 0. The summed E-state index contributed by atoms with van der Waals surface area (Å²) in [6, 6.07) is 5.27. The van der Waals surface area contributed by atoms with Gasteiger partial charge in [-0.25, -0.2) is 0 Å². The molecule has 0 unspecified atom stereocenters. The zero-order valence-electron chi connectivity index (χ0n) is 11.2. The normalized spacial score (nSPS) is 17.2. The van der Waals surface area contributed by atoms with Crippen LogP contribution in [0.25, 0.3) is 11.0 Å². The standard InChI is InChI=1S/C15H17N3O2/c19-10-15(5-1-2-6-15)18-14(20)11-3-4-12-13(9-11)17-8-7-16-12/h3-4,7-9,19H,1-2,5-6,10H2,(H,18,20). The van der Waals surface area contributed by atoms with Crippen molar-refractivity contribution in [3.63, 3.8) is 0 Å². The Morgan fingerprint density at radius 3 is 2.60 bits per heavy atom. The van der Waals surface area contributed by atoms with E-state index in [9.17, 15) is 9.90 Å². The lowest BCUT2D eigenvalue weighted by Gasteiger charge is -2.28. The fourth-order valence-electron chi connectivity index (χ4n) is 2.79. The highest BCUT2D eigenvalue weighted by Crippen LogP contribution is 2.29. The summed E-state index contributed by atoms with van der Waals surface area (Å²) in [5.74, 6) is -0.159. The second-order valence-corrected chi connectivity index (χ2v) is 5.36. The molecule has 0 aliphatic heterocycles. The highest BCUT2D eigenvalue weighted by atomic mass is 16.3. The number of hydrogen-bond acceptors (Lipinski definition) is 4. The minimum absolute atomic E-state index is 0.00781. The molecule has 20 heavy (non-hydrogen) atoms. The molecular formula is C15H17N3O2. The molecule has 1 aromatic carbocycles. The average Bonchev–Trinajstić information content (AvgIpc) is 2.96. The number of fused-ring (bicyclic) bond motifs is 1. The van der Waals surface area contributed by atoms with Gasteiger partial charge in [0.1, 0.15) is 0 Å². The van der Waals surface area contributed by atoms with Crippen LogP contribution in [0.3, 0.4) is 0 Å². The molecule has 1 aliphatic rings. The van der Waals surface area contributed by atoms with Gasteiger partial charge in [0.2, 0.25) is 0 Å². The van der Waals surface area contributed by atoms with Gasteiger partial charge in [0, 0.05) is 18.0 Å². The second-order valence-electron chi connectivity index (χ2n) is 5.36. The molecule has 5 nitrogen and oxygen atoms in total. The van der Waals surface area contributed by atoms with Gasteiger partial charge in [-0.15, -0.1) is 0 Å². The molecule has 2 N–H and O–H groups in total. The Morgan fingerprint density at radius 1 is 1.20 bits per heavy atom. The highest BCUT2D eigenvalue weighted by molar-refractivity contribution is 5.97. The molecule has 2 aromatic rings. The number of hydrogen-bond donors (Lipinski definition) is 2. The van der Waals surface area contributed by atoms with Gasteiger partial charge < -0.3 is 10.4 Å². The third-order valence-corrected chi connectivity index (χ3v) is 3.97. The third-order valence-electron chi connectivity index (χ3n) is 3.97. The SMILES string of the molecule is O=C(NC1(CO)CCCC1)c1ccc2nccnc2c1. The molecule has 3 rings (SSSR count). The lowest BCUT2D eigenvalue weighted by Crippen LogP contribution is -2.49. The molecule has 1 saturated carbocycles. The monoisotopic (exact) mass is 271 g/mol. The van der Waals surface area contributed by atoms with E-state index in [1.807, 2.05) is 0 Å². The van der Waals surface area contributed by atoms with Crippen molar-refractivity contribution in [2.75, 3.05) is 6.61 Å². The number of carbonyl (C=O) groups is 1. The molecule has 1 aliphatic carbocycles. The van der Waals surface area contributed by atoms with Gasteiger partial charge in [-0.3, -0.25) is 14.8 Å². The van der Waals surface area contributed by atoms with E-state index in [1.54, 1.807) is 30.6 Å². The van der Waals surface area contributed by atoms with Gasteiger partial charge in [0.15, 0.2) is 0 Å². The Labute approximate surface area is 117 Å². The predicted molar refractivity (Wildman–Crippen MR) is 75.3 cm³/mol. The molecule has 104 valence electrons. The van der Waals surface area contributed by atoms with Gasteiger partial charge in [-0.1, -0.05) is 12.8 Å². The van der Waals surface area contributed by atoms with Crippen LogP contribution in [0.1, 0.15) is 36.0 Å². The van der Waals surface area contributed by atoms with E-state index >= 15 is 0 Å². The molecule has 5 heteroatoms. The van der Waals surface area contributed by atoms with Crippen LogP contribution >= 0.6 is 0 Å². The largest absolute Gasteiger partial charge is 0.394 e. The Hall–Kier alpha value is -2.01. The summed E-state index contributed by atoms with van der Waals surface area (Å²) in [5, 5.41) is 12.5. The van der Waals surface area contributed by atoms with Gasteiger partial charge in [0.05, 0.1) is 23.2 Å². The van der Waals surface area contributed by atoms with Crippen LogP contribution in [0.5, 0.6) is 0 Å². The Kier molecular flexibility index (Phi) is 3.36. The average molecular weight is 271 g/mol. The van der Waals surface area contributed by atoms with Gasteiger partial charge in [-0.2, -0.15) is 0 Å². The molecule has 1 fully saturated rings. The molecule has 1 heterocycles. The van der Waals surface area contributed by atoms with Crippen molar-refractivity contribution in [3.05, 3.63) is 36.2 Å². The maximum absolute atomic E-state index is 12.3. The molecule has 0 bridgehead atoms. The number of aliphatic hydroxyl groups excluding tert-OH is 1. The first-order valence-electron chi connectivity index (χ1n) is 6.87. The van der Waals surface area contributed by atoms with Crippen molar-refractivity contribution in [2.24, 2.45) is 0 Å². The molecule has 0 radical (unpaired) electrons. The molecular weight excluding hydrogens is 254 g/mol. The number of rotatable bonds is 3.